The van der Waals surface area contributed by atoms with Crippen LogP contribution >= 0.6 is 11.3 Å². The monoisotopic (exact) mass is 754 g/mol. The van der Waals surface area contributed by atoms with Crippen molar-refractivity contribution < 1.29 is 34.2 Å². The van der Waals surface area contributed by atoms with Crippen molar-refractivity contribution in [1.29, 1.82) is 0 Å². The first kappa shape index (κ1) is 41.7. The Bertz CT molecular complexity index is 1610. The van der Waals surface area contributed by atoms with Gasteiger partial charge < -0.3 is 36.0 Å². The third kappa shape index (κ3) is 10.6. The summed E-state index contributed by atoms with van der Waals surface area (Å²) in [5, 5.41) is 29.1. The Morgan fingerprint density at radius 3 is 2.23 bits per heavy atom. The van der Waals surface area contributed by atoms with Gasteiger partial charge in [-0.25, -0.2) is 9.78 Å². The minimum Gasteiger partial charge on any atom is -0.465 e. The molecule has 13 nitrogen and oxygen atoms in total. The highest BCUT2D eigenvalue weighted by Gasteiger charge is 2.47. The highest BCUT2D eigenvalue weighted by molar-refractivity contribution is 7.13. The number of aliphatic hydroxyl groups is 1. The molecule has 1 aromatic heterocycles. The standard InChI is InChI=1S/C39H58N6O7S/c1-23(25-13-15-26(16-14-25)31-24(2)41-22-53-31)42-35(49)29-20-27(46)21-45(29)36(50)32(38(3,4)5)43-30(47)12-10-9-11-18-40-34(48)28-17-19-44(37(51)52)33(28)39(6,7)8/h13-16,22-23,27-29,32-33,46H,9-12,17-21H2,1-8H3,(H,40,48)(H,42,49)(H,43,47)(H,51,52)/t23-,27+,28?,29-,32?,33?/m0/s1. The number of hydrogen-bond acceptors (Lipinski definition) is 8. The van der Waals surface area contributed by atoms with E-state index in [9.17, 15) is 34.2 Å². The first-order valence-electron chi connectivity index (χ1n) is 18.7. The molecule has 0 aliphatic carbocycles. The molecule has 2 fully saturated rings. The van der Waals surface area contributed by atoms with Gasteiger partial charge in [-0.05, 0) is 55.1 Å². The number of benzene rings is 1. The van der Waals surface area contributed by atoms with Crippen LogP contribution in [-0.2, 0) is 19.2 Å². The largest absolute Gasteiger partial charge is 0.465 e. The van der Waals surface area contributed by atoms with Crippen molar-refractivity contribution in [2.24, 2.45) is 16.7 Å². The number of carbonyl (C=O) groups is 5. The average Bonchev–Trinajstić information content (AvgIpc) is 3.82. The fourth-order valence-electron chi connectivity index (χ4n) is 7.53. The summed E-state index contributed by atoms with van der Waals surface area (Å²) in [5.74, 6) is -1.63. The topological polar surface area (TPSA) is 181 Å². The molecule has 0 spiro atoms. The minimum atomic E-state index is -1.01. The SMILES string of the molecule is Cc1ncsc1-c1ccc([C@H](C)NC(=O)[C@@H]2C[C@@H](O)CN2C(=O)C(NC(=O)CCCCCNC(=O)C2CCN(C(=O)O)C2C(C)(C)C)C(C)(C)C)cc1. The lowest BCUT2D eigenvalue weighted by atomic mass is 9.79. The molecule has 1 aromatic carbocycles. The van der Waals surface area contributed by atoms with Crippen LogP contribution in [0.4, 0.5) is 4.79 Å². The zero-order valence-corrected chi connectivity index (χ0v) is 33.2. The Hall–Kier alpha value is -4.04. The number of likely N-dealkylation sites (tertiary alicyclic amines) is 2. The Morgan fingerprint density at radius 1 is 0.962 bits per heavy atom. The molecule has 2 aliphatic heterocycles. The fraction of sp³-hybridized carbons (Fsp3) is 0.641. The van der Waals surface area contributed by atoms with Crippen molar-refractivity contribution in [2.75, 3.05) is 19.6 Å². The number of aryl methyl sites for hydroxylation is 1. The van der Waals surface area contributed by atoms with Crippen molar-refractivity contribution in [1.82, 2.24) is 30.7 Å². The van der Waals surface area contributed by atoms with Crippen LogP contribution in [0, 0.1) is 23.7 Å². The van der Waals surface area contributed by atoms with Crippen molar-refractivity contribution in [3.05, 3.63) is 41.0 Å². The number of aliphatic hydroxyl groups excluding tert-OH is 1. The van der Waals surface area contributed by atoms with Crippen molar-refractivity contribution in [3.63, 3.8) is 0 Å². The molecular formula is C39H58N6O7S. The molecule has 6 atom stereocenters. The number of β-amino-alcohol motifs (C(OH)–C–C–N with tert-alkyl or cyclic N) is 1. The van der Waals surface area contributed by atoms with E-state index >= 15 is 0 Å². The summed E-state index contributed by atoms with van der Waals surface area (Å²) < 4.78 is 0. The molecule has 2 saturated heterocycles. The number of unbranched alkanes of at least 4 members (excludes halogenated alkanes) is 2. The fourth-order valence-corrected chi connectivity index (χ4v) is 8.34. The Kier molecular flexibility index (Phi) is 13.7. The number of carbonyl (C=O) groups excluding carboxylic acids is 4. The molecule has 5 N–H and O–H groups in total. The second kappa shape index (κ2) is 17.4. The molecule has 0 bridgehead atoms. The molecule has 2 aromatic rings. The third-order valence-electron chi connectivity index (χ3n) is 10.3. The molecule has 2 aliphatic rings. The van der Waals surface area contributed by atoms with Gasteiger partial charge in [-0.2, -0.15) is 0 Å². The summed E-state index contributed by atoms with van der Waals surface area (Å²) in [4.78, 5) is 73.6. The second-order valence-corrected chi connectivity index (χ2v) is 17.5. The Morgan fingerprint density at radius 2 is 1.64 bits per heavy atom. The van der Waals surface area contributed by atoms with E-state index < -0.39 is 47.6 Å². The summed E-state index contributed by atoms with van der Waals surface area (Å²) in [7, 11) is 0. The molecule has 5 amide bonds. The Labute approximate surface area is 317 Å². The normalized spacial score (nSPS) is 21.6. The van der Waals surface area contributed by atoms with Crippen molar-refractivity contribution in [2.45, 2.75) is 124 Å². The first-order chi connectivity index (χ1) is 24.8. The lowest BCUT2D eigenvalue weighted by Gasteiger charge is -2.36. The highest BCUT2D eigenvalue weighted by atomic mass is 32.1. The number of rotatable bonds is 13. The van der Waals surface area contributed by atoms with Gasteiger partial charge in [0.05, 0.1) is 40.2 Å². The number of thiazole rings is 1. The summed E-state index contributed by atoms with van der Waals surface area (Å²) in [5.41, 5.74) is 3.67. The van der Waals surface area contributed by atoms with Gasteiger partial charge in [-0.1, -0.05) is 72.2 Å². The summed E-state index contributed by atoms with van der Waals surface area (Å²) in [6, 6.07) is 5.38. The molecule has 3 heterocycles. The van der Waals surface area contributed by atoms with Crippen LogP contribution < -0.4 is 16.0 Å². The van der Waals surface area contributed by atoms with Gasteiger partial charge >= 0.3 is 6.09 Å². The number of hydrogen-bond donors (Lipinski definition) is 5. The highest BCUT2D eigenvalue weighted by Crippen LogP contribution is 2.37. The van der Waals surface area contributed by atoms with E-state index in [0.717, 1.165) is 21.7 Å². The Balaban J connectivity index is 1.26. The molecule has 14 heteroatoms. The maximum absolute atomic E-state index is 14.0. The molecule has 292 valence electrons. The predicted molar refractivity (Wildman–Crippen MR) is 204 cm³/mol. The average molecular weight is 755 g/mol. The van der Waals surface area contributed by atoms with Crippen LogP contribution in [-0.4, -0.2) is 98.6 Å². The van der Waals surface area contributed by atoms with E-state index in [0.29, 0.717) is 38.8 Å². The van der Waals surface area contributed by atoms with Crippen molar-refractivity contribution >= 4 is 41.1 Å². The minimum absolute atomic E-state index is 0.00589. The van der Waals surface area contributed by atoms with E-state index in [1.165, 1.54) is 9.80 Å². The van der Waals surface area contributed by atoms with E-state index in [4.69, 9.17) is 0 Å². The molecule has 0 saturated carbocycles. The van der Waals surface area contributed by atoms with Crippen LogP contribution in [0.5, 0.6) is 0 Å². The van der Waals surface area contributed by atoms with Gasteiger partial charge in [0.1, 0.15) is 12.1 Å². The van der Waals surface area contributed by atoms with Gasteiger partial charge in [0, 0.05) is 32.5 Å². The third-order valence-corrected chi connectivity index (χ3v) is 11.3. The number of amides is 5. The second-order valence-electron chi connectivity index (χ2n) is 16.7. The van der Waals surface area contributed by atoms with Gasteiger partial charge in [-0.3, -0.25) is 19.2 Å². The number of carboxylic acid groups (broad SMARTS) is 1. The van der Waals surface area contributed by atoms with Crippen LogP contribution in [0.3, 0.4) is 0 Å². The summed E-state index contributed by atoms with van der Waals surface area (Å²) in [6.07, 6.45) is 0.750. The lowest BCUT2D eigenvalue weighted by Crippen LogP contribution is -2.57. The van der Waals surface area contributed by atoms with Gasteiger partial charge in [-0.15, -0.1) is 11.3 Å². The van der Waals surface area contributed by atoms with Gasteiger partial charge in [0.25, 0.3) is 0 Å². The van der Waals surface area contributed by atoms with E-state index in [1.807, 2.05) is 85.2 Å². The molecule has 0 radical (unpaired) electrons. The van der Waals surface area contributed by atoms with Crippen LogP contribution in [0.2, 0.25) is 0 Å². The zero-order chi connectivity index (χ0) is 39.2. The van der Waals surface area contributed by atoms with E-state index in [1.54, 1.807) is 11.3 Å². The van der Waals surface area contributed by atoms with Crippen molar-refractivity contribution in [3.8, 4) is 10.4 Å². The quantitative estimate of drug-likeness (QED) is 0.180. The first-order valence-corrected chi connectivity index (χ1v) is 19.5. The van der Waals surface area contributed by atoms with Gasteiger partial charge in [0.15, 0.2) is 0 Å². The van der Waals surface area contributed by atoms with E-state index in [-0.39, 0.29) is 48.6 Å². The van der Waals surface area contributed by atoms with Crippen LogP contribution in [0.15, 0.2) is 29.8 Å². The molecule has 53 heavy (non-hydrogen) atoms. The van der Waals surface area contributed by atoms with Crippen LogP contribution in [0.25, 0.3) is 10.4 Å². The molecule has 3 unspecified atom stereocenters. The number of aromatic nitrogens is 1. The van der Waals surface area contributed by atoms with E-state index in [2.05, 4.69) is 20.9 Å². The number of nitrogens with one attached hydrogen (secondary N) is 3. The number of nitrogens with zero attached hydrogens (tertiary/aromatic N) is 3. The van der Waals surface area contributed by atoms with Crippen LogP contribution in [0.1, 0.15) is 104 Å². The summed E-state index contributed by atoms with van der Waals surface area (Å²) in [6.45, 7) is 16.0. The lowest BCUT2D eigenvalue weighted by molar-refractivity contribution is -0.144. The smallest absolute Gasteiger partial charge is 0.407 e. The predicted octanol–water partition coefficient (Wildman–Crippen LogP) is 4.88. The molecular weight excluding hydrogens is 697 g/mol. The van der Waals surface area contributed by atoms with Gasteiger partial charge in [0.2, 0.25) is 23.6 Å². The zero-order valence-electron chi connectivity index (χ0n) is 32.4. The maximum Gasteiger partial charge on any atom is 0.407 e. The maximum atomic E-state index is 14.0. The molecule has 4 rings (SSSR count). The summed E-state index contributed by atoms with van der Waals surface area (Å²) >= 11 is 1.57.